The van der Waals surface area contributed by atoms with Crippen LogP contribution in [0.15, 0.2) is 0 Å². The van der Waals surface area contributed by atoms with Crippen molar-refractivity contribution in [3.05, 3.63) is 0 Å². The first-order chi connectivity index (χ1) is 8.21. The monoisotopic (exact) mass is 237 g/mol. The summed E-state index contributed by atoms with van der Waals surface area (Å²) in [7, 11) is 0. The Labute approximate surface area is 101 Å². The number of urea groups is 1. The first-order valence-corrected chi connectivity index (χ1v) is 6.59. The highest BCUT2D eigenvalue weighted by Gasteiger charge is 2.52. The van der Waals surface area contributed by atoms with Crippen molar-refractivity contribution in [3.8, 4) is 0 Å². The summed E-state index contributed by atoms with van der Waals surface area (Å²) in [5.41, 5.74) is -0.546. The van der Waals surface area contributed by atoms with Crippen LogP contribution >= 0.6 is 0 Å². The largest absolute Gasteiger partial charge is 0.325 e. The van der Waals surface area contributed by atoms with E-state index in [0.717, 1.165) is 45.1 Å². The summed E-state index contributed by atoms with van der Waals surface area (Å²) < 4.78 is 0. The van der Waals surface area contributed by atoms with Crippen molar-refractivity contribution < 1.29 is 9.59 Å². The molecule has 5 nitrogen and oxygen atoms in total. The van der Waals surface area contributed by atoms with Gasteiger partial charge in [0, 0.05) is 12.6 Å². The van der Waals surface area contributed by atoms with Gasteiger partial charge < -0.3 is 10.6 Å². The summed E-state index contributed by atoms with van der Waals surface area (Å²) in [6.07, 6.45) is 5.91. The van der Waals surface area contributed by atoms with Crippen LogP contribution in [0.2, 0.25) is 0 Å². The Kier molecular flexibility index (Phi) is 2.58. The fraction of sp³-hybridized carbons (Fsp3) is 0.833. The predicted octanol–water partition coefficient (Wildman–Crippen LogP) is 0.603. The van der Waals surface area contributed by atoms with Crippen molar-refractivity contribution in [1.29, 1.82) is 0 Å². The number of carbonyl (C=O) groups is 2. The van der Waals surface area contributed by atoms with E-state index in [4.69, 9.17) is 0 Å². The van der Waals surface area contributed by atoms with Gasteiger partial charge in [-0.2, -0.15) is 0 Å². The highest BCUT2D eigenvalue weighted by atomic mass is 16.2. The molecule has 1 saturated carbocycles. The van der Waals surface area contributed by atoms with Crippen LogP contribution in [0.4, 0.5) is 4.79 Å². The number of nitrogens with zero attached hydrogens (tertiary/aromatic N) is 1. The van der Waals surface area contributed by atoms with E-state index in [1.165, 1.54) is 4.90 Å². The summed E-state index contributed by atoms with van der Waals surface area (Å²) in [6, 6.07) is 0.104. The molecule has 2 heterocycles. The van der Waals surface area contributed by atoms with E-state index in [2.05, 4.69) is 10.6 Å². The van der Waals surface area contributed by atoms with Crippen molar-refractivity contribution in [2.45, 2.75) is 50.1 Å². The lowest BCUT2D eigenvalue weighted by Crippen LogP contribution is -2.45. The van der Waals surface area contributed by atoms with E-state index in [1.807, 2.05) is 0 Å². The summed E-state index contributed by atoms with van der Waals surface area (Å²) >= 11 is 0. The Morgan fingerprint density at radius 1 is 1.24 bits per heavy atom. The summed E-state index contributed by atoms with van der Waals surface area (Å²) in [5, 5.41) is 6.24. The lowest BCUT2D eigenvalue weighted by atomic mass is 9.98. The molecule has 3 aliphatic rings. The van der Waals surface area contributed by atoms with Gasteiger partial charge in [0.25, 0.3) is 5.91 Å². The van der Waals surface area contributed by atoms with E-state index in [-0.39, 0.29) is 11.9 Å². The maximum Gasteiger partial charge on any atom is 0.325 e. The van der Waals surface area contributed by atoms with Gasteiger partial charge in [0.05, 0.1) is 0 Å². The molecule has 94 valence electrons. The molecule has 0 aromatic carbocycles. The smallest absolute Gasteiger partial charge is 0.323 e. The van der Waals surface area contributed by atoms with Crippen LogP contribution in [-0.2, 0) is 4.79 Å². The van der Waals surface area contributed by atoms with Crippen LogP contribution in [0, 0.1) is 0 Å². The minimum atomic E-state index is -0.546. The van der Waals surface area contributed by atoms with Crippen LogP contribution in [0.1, 0.15) is 38.5 Å². The van der Waals surface area contributed by atoms with Gasteiger partial charge >= 0.3 is 6.03 Å². The first-order valence-electron chi connectivity index (χ1n) is 6.59. The van der Waals surface area contributed by atoms with Crippen LogP contribution in [-0.4, -0.2) is 41.5 Å². The molecular formula is C12H19N3O2. The third-order valence-corrected chi connectivity index (χ3v) is 4.27. The molecule has 5 heteroatoms. The van der Waals surface area contributed by atoms with E-state index in [1.54, 1.807) is 0 Å². The quantitative estimate of drug-likeness (QED) is 0.691. The fourth-order valence-electron chi connectivity index (χ4n) is 3.29. The average Bonchev–Trinajstić information content (AvgIpc) is 2.99. The summed E-state index contributed by atoms with van der Waals surface area (Å²) in [5.74, 6) is 0.00806. The third-order valence-electron chi connectivity index (χ3n) is 4.27. The number of nitrogens with one attached hydrogen (secondary N) is 2. The van der Waals surface area contributed by atoms with Crippen LogP contribution in [0.3, 0.4) is 0 Å². The molecule has 17 heavy (non-hydrogen) atoms. The van der Waals surface area contributed by atoms with Gasteiger partial charge in [-0.25, -0.2) is 4.79 Å². The van der Waals surface area contributed by atoms with E-state index in [9.17, 15) is 9.59 Å². The molecular weight excluding hydrogens is 218 g/mol. The Morgan fingerprint density at radius 2 is 2.00 bits per heavy atom. The van der Waals surface area contributed by atoms with Gasteiger partial charge in [0.1, 0.15) is 5.54 Å². The number of hydrogen-bond acceptors (Lipinski definition) is 3. The molecule has 0 aromatic rings. The second kappa shape index (κ2) is 3.98. The van der Waals surface area contributed by atoms with Gasteiger partial charge in [0.2, 0.25) is 0 Å². The maximum atomic E-state index is 12.3. The van der Waals surface area contributed by atoms with Crippen LogP contribution in [0.5, 0.6) is 0 Å². The number of amides is 3. The molecule has 1 unspecified atom stereocenters. The number of rotatable bonds is 2. The Morgan fingerprint density at radius 3 is 2.65 bits per heavy atom. The molecule has 2 saturated heterocycles. The van der Waals surface area contributed by atoms with Crippen molar-refractivity contribution in [1.82, 2.24) is 15.5 Å². The topological polar surface area (TPSA) is 61.4 Å². The highest BCUT2D eigenvalue weighted by Crippen LogP contribution is 2.35. The fourth-order valence-corrected chi connectivity index (χ4v) is 3.29. The van der Waals surface area contributed by atoms with Crippen molar-refractivity contribution in [3.63, 3.8) is 0 Å². The Bertz CT molecular complexity index is 344. The summed E-state index contributed by atoms with van der Waals surface area (Å²) in [6.45, 7) is 1.53. The van der Waals surface area contributed by atoms with Crippen molar-refractivity contribution in [2.75, 3.05) is 13.1 Å². The van der Waals surface area contributed by atoms with Gasteiger partial charge in [-0.05, 0) is 32.2 Å². The molecule has 0 aromatic heterocycles. The zero-order chi connectivity index (χ0) is 11.9. The van der Waals surface area contributed by atoms with Gasteiger partial charge in [-0.15, -0.1) is 0 Å². The molecule has 1 aliphatic carbocycles. The highest BCUT2D eigenvalue weighted by molar-refractivity contribution is 6.07. The molecule has 3 fully saturated rings. The minimum absolute atomic E-state index is 0.00806. The van der Waals surface area contributed by atoms with E-state index in [0.29, 0.717) is 12.6 Å². The minimum Gasteiger partial charge on any atom is -0.323 e. The predicted molar refractivity (Wildman–Crippen MR) is 62.5 cm³/mol. The van der Waals surface area contributed by atoms with Gasteiger partial charge in [-0.1, -0.05) is 12.8 Å². The molecule has 3 amide bonds. The number of imide groups is 1. The second-order valence-electron chi connectivity index (χ2n) is 5.43. The van der Waals surface area contributed by atoms with Gasteiger partial charge in [-0.3, -0.25) is 9.69 Å². The molecule has 3 rings (SSSR count). The molecule has 1 atom stereocenters. The number of carbonyl (C=O) groups excluding carboxylic acids is 2. The normalized spacial score (nSPS) is 31.5. The molecule has 0 bridgehead atoms. The van der Waals surface area contributed by atoms with Crippen LogP contribution in [0.25, 0.3) is 0 Å². The standard InChI is InChI=1S/C12H19N3O2/c16-10-12(5-1-2-6-12)14-11(17)15(10)8-9-4-3-7-13-9/h9,13H,1-8H2,(H,14,17). The molecule has 2 N–H and O–H groups in total. The zero-order valence-corrected chi connectivity index (χ0v) is 10.00. The van der Waals surface area contributed by atoms with Gasteiger partial charge in [0.15, 0.2) is 0 Å². The van der Waals surface area contributed by atoms with Crippen molar-refractivity contribution >= 4 is 11.9 Å². The lowest BCUT2D eigenvalue weighted by molar-refractivity contribution is -0.131. The van der Waals surface area contributed by atoms with Crippen molar-refractivity contribution in [2.24, 2.45) is 0 Å². The zero-order valence-electron chi connectivity index (χ0n) is 10.00. The van der Waals surface area contributed by atoms with E-state index >= 15 is 0 Å². The van der Waals surface area contributed by atoms with E-state index < -0.39 is 5.54 Å². The second-order valence-corrected chi connectivity index (χ2v) is 5.43. The SMILES string of the molecule is O=C1NC2(CCCC2)C(=O)N1CC1CCCN1. The molecule has 2 aliphatic heterocycles. The Balaban J connectivity index is 1.72. The third kappa shape index (κ3) is 1.73. The number of hydrogen-bond donors (Lipinski definition) is 2. The average molecular weight is 237 g/mol. The first kappa shape index (κ1) is 11.0. The van der Waals surface area contributed by atoms with Crippen LogP contribution < -0.4 is 10.6 Å². The Hall–Kier alpha value is -1.10. The molecule has 1 spiro atoms. The molecule has 0 radical (unpaired) electrons. The summed E-state index contributed by atoms with van der Waals surface area (Å²) in [4.78, 5) is 25.7. The maximum absolute atomic E-state index is 12.3. The lowest BCUT2D eigenvalue weighted by Gasteiger charge is -2.21.